The predicted molar refractivity (Wildman–Crippen MR) is 145 cm³/mol. The van der Waals surface area contributed by atoms with Crippen LogP contribution in [0.4, 0.5) is 11.4 Å². The van der Waals surface area contributed by atoms with E-state index in [1.165, 1.54) is 16.7 Å². The molecule has 0 aliphatic carbocycles. The SMILES string of the molecule is CCOc1ccc(N2C(=O)/C(=C/c3ccc(OCC(=O)Nc4ccc(Cl)cc4)cc3)SC2=S)cc1. The molecule has 0 unspecified atom stereocenters. The smallest absolute Gasteiger partial charge is 0.270 e. The number of nitrogens with zero attached hydrogens (tertiary/aromatic N) is 1. The van der Waals surface area contributed by atoms with E-state index in [-0.39, 0.29) is 18.4 Å². The van der Waals surface area contributed by atoms with Gasteiger partial charge in [-0.15, -0.1) is 0 Å². The van der Waals surface area contributed by atoms with Gasteiger partial charge in [0.1, 0.15) is 11.5 Å². The monoisotopic (exact) mass is 524 g/mol. The highest BCUT2D eigenvalue weighted by molar-refractivity contribution is 8.27. The lowest BCUT2D eigenvalue weighted by atomic mass is 10.2. The quantitative estimate of drug-likeness (QED) is 0.281. The number of carbonyl (C=O) groups is 2. The van der Waals surface area contributed by atoms with Crippen molar-refractivity contribution in [3.8, 4) is 11.5 Å². The zero-order valence-corrected chi connectivity index (χ0v) is 21.1. The molecule has 3 aromatic rings. The van der Waals surface area contributed by atoms with Gasteiger partial charge in [0.15, 0.2) is 10.9 Å². The molecule has 0 atom stereocenters. The van der Waals surface area contributed by atoms with Crippen LogP contribution in [0.15, 0.2) is 77.7 Å². The van der Waals surface area contributed by atoms with Crippen LogP contribution in [0.5, 0.6) is 11.5 Å². The fourth-order valence-electron chi connectivity index (χ4n) is 3.24. The van der Waals surface area contributed by atoms with Gasteiger partial charge in [-0.05, 0) is 79.2 Å². The summed E-state index contributed by atoms with van der Waals surface area (Å²) in [7, 11) is 0. The van der Waals surface area contributed by atoms with E-state index in [0.29, 0.717) is 38.0 Å². The molecule has 0 aromatic heterocycles. The van der Waals surface area contributed by atoms with Crippen molar-refractivity contribution in [3.05, 3.63) is 88.3 Å². The Morgan fingerprint density at radius 1 is 1.00 bits per heavy atom. The number of thiocarbonyl (C=S) groups is 1. The van der Waals surface area contributed by atoms with Gasteiger partial charge in [0.05, 0.1) is 17.2 Å². The summed E-state index contributed by atoms with van der Waals surface area (Å²) in [4.78, 5) is 27.1. The largest absolute Gasteiger partial charge is 0.494 e. The maximum atomic E-state index is 13.0. The van der Waals surface area contributed by atoms with Crippen molar-refractivity contribution in [2.75, 3.05) is 23.4 Å². The minimum absolute atomic E-state index is 0.136. The molecule has 1 aliphatic heterocycles. The first-order valence-corrected chi connectivity index (χ1v) is 12.3. The van der Waals surface area contributed by atoms with E-state index in [1.54, 1.807) is 42.5 Å². The Bertz CT molecular complexity index is 1260. The van der Waals surface area contributed by atoms with Gasteiger partial charge in [-0.25, -0.2) is 0 Å². The summed E-state index contributed by atoms with van der Waals surface area (Å²) < 4.78 is 11.5. The van der Waals surface area contributed by atoms with Crippen LogP contribution in [0.2, 0.25) is 5.02 Å². The number of benzene rings is 3. The molecule has 1 N–H and O–H groups in total. The van der Waals surface area contributed by atoms with Gasteiger partial charge in [0.2, 0.25) is 0 Å². The van der Waals surface area contributed by atoms with Gasteiger partial charge >= 0.3 is 0 Å². The number of halogens is 1. The first kappa shape index (κ1) is 24.8. The van der Waals surface area contributed by atoms with Gasteiger partial charge in [-0.2, -0.15) is 0 Å². The minimum Gasteiger partial charge on any atom is -0.494 e. The van der Waals surface area contributed by atoms with Crippen LogP contribution in [0.3, 0.4) is 0 Å². The highest BCUT2D eigenvalue weighted by Gasteiger charge is 2.33. The second kappa shape index (κ2) is 11.4. The van der Waals surface area contributed by atoms with Crippen molar-refractivity contribution < 1.29 is 19.1 Å². The summed E-state index contributed by atoms with van der Waals surface area (Å²) in [6.07, 6.45) is 1.78. The van der Waals surface area contributed by atoms with E-state index in [4.69, 9.17) is 33.3 Å². The lowest BCUT2D eigenvalue weighted by Crippen LogP contribution is -2.27. The molecule has 0 saturated carbocycles. The summed E-state index contributed by atoms with van der Waals surface area (Å²) in [6, 6.07) is 21.2. The normalized spacial score (nSPS) is 14.3. The van der Waals surface area contributed by atoms with Crippen molar-refractivity contribution in [1.29, 1.82) is 0 Å². The maximum absolute atomic E-state index is 13.0. The molecule has 4 rings (SSSR count). The lowest BCUT2D eigenvalue weighted by Gasteiger charge is -2.15. The molecule has 0 bridgehead atoms. The number of anilines is 2. The van der Waals surface area contributed by atoms with Gasteiger partial charge < -0.3 is 14.8 Å². The van der Waals surface area contributed by atoms with Crippen LogP contribution in [-0.4, -0.2) is 29.3 Å². The Morgan fingerprint density at radius 2 is 1.63 bits per heavy atom. The summed E-state index contributed by atoms with van der Waals surface area (Å²) >= 11 is 12.5. The molecular weight excluding hydrogens is 504 g/mol. The predicted octanol–water partition coefficient (Wildman–Crippen LogP) is 6.16. The first-order chi connectivity index (χ1) is 16.9. The number of amides is 2. The Kier molecular flexibility index (Phi) is 8.07. The molecule has 6 nitrogen and oxygen atoms in total. The number of rotatable bonds is 8. The number of hydrogen-bond donors (Lipinski definition) is 1. The Hall–Kier alpha value is -3.33. The molecule has 2 amide bonds. The van der Waals surface area contributed by atoms with Crippen molar-refractivity contribution in [2.24, 2.45) is 0 Å². The van der Waals surface area contributed by atoms with E-state index in [9.17, 15) is 9.59 Å². The molecule has 0 radical (unpaired) electrons. The summed E-state index contributed by atoms with van der Waals surface area (Å²) in [5, 5.41) is 3.33. The highest BCUT2D eigenvalue weighted by atomic mass is 35.5. The van der Waals surface area contributed by atoms with Gasteiger partial charge in [0.25, 0.3) is 11.8 Å². The van der Waals surface area contributed by atoms with Gasteiger partial charge in [0, 0.05) is 10.7 Å². The fraction of sp³-hybridized carbons (Fsp3) is 0.115. The third kappa shape index (κ3) is 6.42. The molecule has 1 saturated heterocycles. The molecular formula is C26H21ClN2O4S2. The first-order valence-electron chi connectivity index (χ1n) is 10.7. The topological polar surface area (TPSA) is 67.9 Å². The second-order valence-electron chi connectivity index (χ2n) is 7.36. The van der Waals surface area contributed by atoms with Crippen molar-refractivity contribution >= 4 is 69.2 Å². The maximum Gasteiger partial charge on any atom is 0.270 e. The Balaban J connectivity index is 1.35. The number of ether oxygens (including phenoxy) is 2. The molecule has 178 valence electrons. The number of hydrogen-bond acceptors (Lipinski definition) is 6. The highest BCUT2D eigenvalue weighted by Crippen LogP contribution is 2.36. The number of thioether (sulfide) groups is 1. The molecule has 3 aromatic carbocycles. The average Bonchev–Trinajstić information content (AvgIpc) is 3.13. The molecule has 1 fully saturated rings. The molecule has 1 heterocycles. The van der Waals surface area contributed by atoms with Gasteiger partial charge in [-0.1, -0.05) is 47.7 Å². The number of carbonyl (C=O) groups excluding carboxylic acids is 2. The van der Waals surface area contributed by atoms with Crippen LogP contribution >= 0.6 is 35.6 Å². The average molecular weight is 525 g/mol. The Morgan fingerprint density at radius 3 is 2.29 bits per heavy atom. The van der Waals surface area contributed by atoms with Crippen molar-refractivity contribution in [1.82, 2.24) is 0 Å². The van der Waals surface area contributed by atoms with Gasteiger partial charge in [-0.3, -0.25) is 14.5 Å². The molecule has 1 aliphatic rings. The van der Waals surface area contributed by atoms with Crippen LogP contribution in [0.1, 0.15) is 12.5 Å². The van der Waals surface area contributed by atoms with E-state index >= 15 is 0 Å². The summed E-state index contributed by atoms with van der Waals surface area (Å²) in [6.45, 7) is 2.35. The van der Waals surface area contributed by atoms with Crippen molar-refractivity contribution in [3.63, 3.8) is 0 Å². The lowest BCUT2D eigenvalue weighted by molar-refractivity contribution is -0.118. The van der Waals surface area contributed by atoms with Crippen LogP contribution in [0, 0.1) is 0 Å². The van der Waals surface area contributed by atoms with Crippen LogP contribution in [0.25, 0.3) is 6.08 Å². The molecule has 0 spiro atoms. The van der Waals surface area contributed by atoms with Crippen LogP contribution in [-0.2, 0) is 9.59 Å². The number of nitrogens with one attached hydrogen (secondary N) is 1. The van der Waals surface area contributed by atoms with E-state index in [0.717, 1.165) is 11.3 Å². The Labute approximate surface area is 217 Å². The third-order valence-corrected chi connectivity index (χ3v) is 6.43. The minimum atomic E-state index is -0.283. The third-order valence-electron chi connectivity index (χ3n) is 4.88. The van der Waals surface area contributed by atoms with E-state index < -0.39 is 0 Å². The second-order valence-corrected chi connectivity index (χ2v) is 9.47. The van der Waals surface area contributed by atoms with E-state index in [1.807, 2.05) is 43.3 Å². The fourth-order valence-corrected chi connectivity index (χ4v) is 4.66. The summed E-state index contributed by atoms with van der Waals surface area (Å²) in [5.41, 5.74) is 2.15. The molecule has 35 heavy (non-hydrogen) atoms. The van der Waals surface area contributed by atoms with Crippen molar-refractivity contribution in [2.45, 2.75) is 6.92 Å². The zero-order chi connectivity index (χ0) is 24.8. The molecule has 9 heteroatoms. The van der Waals surface area contributed by atoms with Crippen LogP contribution < -0.4 is 19.7 Å². The zero-order valence-electron chi connectivity index (χ0n) is 18.7. The summed E-state index contributed by atoms with van der Waals surface area (Å²) in [5.74, 6) is 0.815. The standard InChI is InChI=1S/C26H21ClN2O4S2/c1-2-32-21-13-9-20(10-14-21)29-25(31)23(35-26(29)34)15-17-3-11-22(12-4-17)33-16-24(30)28-19-7-5-18(27)6-8-19/h3-15H,2,16H2,1H3,(H,28,30)/b23-15-. The van der Waals surface area contributed by atoms with E-state index in [2.05, 4.69) is 5.32 Å².